The Morgan fingerprint density at radius 3 is 2.33 bits per heavy atom. The molecule has 0 rings (SSSR count). The van der Waals surface area contributed by atoms with E-state index in [1.807, 2.05) is 6.92 Å². The predicted octanol–water partition coefficient (Wildman–Crippen LogP) is 2.03. The molecule has 0 aromatic carbocycles. The second-order valence-electron chi connectivity index (χ2n) is 6.18. The molecule has 0 fully saturated rings. The molecule has 0 heterocycles. The SMILES string of the molecule is COCCN(CCCC(C)(C#N)NC(C)C)C(C)COC. The standard InChI is InChI=1S/C16H33N3O2/c1-14(2)18-16(4,13-17)8-7-9-19(10-11-20-5)15(3)12-21-6/h14-15,18H,7-12H2,1-6H3. The van der Waals surface area contributed by atoms with Crippen molar-refractivity contribution >= 4 is 0 Å². The summed E-state index contributed by atoms with van der Waals surface area (Å²) in [6, 6.07) is 3.07. The van der Waals surface area contributed by atoms with Crippen molar-refractivity contribution in [1.29, 1.82) is 5.26 Å². The van der Waals surface area contributed by atoms with Crippen LogP contribution in [-0.2, 0) is 9.47 Å². The minimum Gasteiger partial charge on any atom is -0.383 e. The predicted molar refractivity (Wildman–Crippen MR) is 86.3 cm³/mol. The Kier molecular flexibility index (Phi) is 10.6. The van der Waals surface area contributed by atoms with Gasteiger partial charge in [-0.3, -0.25) is 10.2 Å². The van der Waals surface area contributed by atoms with Crippen molar-refractivity contribution in [3.63, 3.8) is 0 Å². The summed E-state index contributed by atoms with van der Waals surface area (Å²) in [6.07, 6.45) is 1.81. The van der Waals surface area contributed by atoms with Gasteiger partial charge in [0.1, 0.15) is 5.54 Å². The molecule has 0 aliphatic heterocycles. The van der Waals surface area contributed by atoms with E-state index in [1.54, 1.807) is 14.2 Å². The van der Waals surface area contributed by atoms with E-state index in [4.69, 9.17) is 9.47 Å². The van der Waals surface area contributed by atoms with Gasteiger partial charge in [0.2, 0.25) is 0 Å². The van der Waals surface area contributed by atoms with Crippen molar-refractivity contribution in [1.82, 2.24) is 10.2 Å². The molecule has 0 saturated carbocycles. The molecular formula is C16H33N3O2. The van der Waals surface area contributed by atoms with Gasteiger partial charge in [-0.1, -0.05) is 0 Å². The van der Waals surface area contributed by atoms with Crippen LogP contribution in [0.1, 0.15) is 40.5 Å². The van der Waals surface area contributed by atoms with Crippen molar-refractivity contribution in [2.24, 2.45) is 0 Å². The van der Waals surface area contributed by atoms with Crippen LogP contribution in [0.25, 0.3) is 0 Å². The van der Waals surface area contributed by atoms with E-state index >= 15 is 0 Å². The molecule has 0 aromatic heterocycles. The van der Waals surface area contributed by atoms with E-state index in [0.717, 1.165) is 25.9 Å². The highest BCUT2D eigenvalue weighted by atomic mass is 16.5. The van der Waals surface area contributed by atoms with Crippen molar-refractivity contribution in [2.45, 2.75) is 58.2 Å². The van der Waals surface area contributed by atoms with Crippen LogP contribution in [0.3, 0.4) is 0 Å². The lowest BCUT2D eigenvalue weighted by molar-refractivity contribution is 0.0730. The fraction of sp³-hybridized carbons (Fsp3) is 0.938. The molecule has 5 heteroatoms. The second-order valence-corrected chi connectivity index (χ2v) is 6.18. The van der Waals surface area contributed by atoms with Crippen LogP contribution in [0.5, 0.6) is 0 Å². The third kappa shape index (κ3) is 9.05. The lowest BCUT2D eigenvalue weighted by Crippen LogP contribution is -2.46. The van der Waals surface area contributed by atoms with Crippen LogP contribution in [0.15, 0.2) is 0 Å². The Labute approximate surface area is 130 Å². The molecule has 124 valence electrons. The lowest BCUT2D eigenvalue weighted by Gasteiger charge is -2.31. The molecule has 2 unspecified atom stereocenters. The van der Waals surface area contributed by atoms with Crippen LogP contribution in [0.2, 0.25) is 0 Å². The van der Waals surface area contributed by atoms with Crippen LogP contribution >= 0.6 is 0 Å². The van der Waals surface area contributed by atoms with Gasteiger partial charge in [-0.25, -0.2) is 0 Å². The summed E-state index contributed by atoms with van der Waals surface area (Å²) in [5.41, 5.74) is -0.453. The molecule has 0 spiro atoms. The number of hydrogen-bond acceptors (Lipinski definition) is 5. The van der Waals surface area contributed by atoms with Gasteiger partial charge in [-0.2, -0.15) is 5.26 Å². The quantitative estimate of drug-likeness (QED) is 0.597. The zero-order chi connectivity index (χ0) is 16.3. The maximum Gasteiger partial charge on any atom is 0.104 e. The Bertz CT molecular complexity index is 304. The van der Waals surface area contributed by atoms with Gasteiger partial charge in [-0.05, 0) is 47.1 Å². The molecule has 2 atom stereocenters. The van der Waals surface area contributed by atoms with E-state index < -0.39 is 5.54 Å². The highest BCUT2D eigenvalue weighted by Gasteiger charge is 2.24. The number of nitrogens with zero attached hydrogens (tertiary/aromatic N) is 2. The third-order valence-electron chi connectivity index (χ3n) is 3.59. The maximum absolute atomic E-state index is 9.37. The van der Waals surface area contributed by atoms with Gasteiger partial charge in [-0.15, -0.1) is 0 Å². The summed E-state index contributed by atoms with van der Waals surface area (Å²) in [6.45, 7) is 11.5. The summed E-state index contributed by atoms with van der Waals surface area (Å²) in [4.78, 5) is 2.36. The molecule has 0 bridgehead atoms. The second kappa shape index (κ2) is 11.0. The van der Waals surface area contributed by atoms with E-state index in [0.29, 0.717) is 25.3 Å². The van der Waals surface area contributed by atoms with Gasteiger partial charge in [0.15, 0.2) is 0 Å². The molecule has 5 nitrogen and oxygen atoms in total. The first kappa shape index (κ1) is 20.3. The Hall–Kier alpha value is -0.670. The van der Waals surface area contributed by atoms with Crippen molar-refractivity contribution < 1.29 is 9.47 Å². The minimum absolute atomic E-state index is 0.312. The van der Waals surface area contributed by atoms with E-state index in [-0.39, 0.29) is 0 Å². The summed E-state index contributed by atoms with van der Waals surface area (Å²) in [5.74, 6) is 0. The fourth-order valence-corrected chi connectivity index (χ4v) is 2.54. The Morgan fingerprint density at radius 1 is 1.19 bits per heavy atom. The maximum atomic E-state index is 9.37. The number of methoxy groups -OCH3 is 2. The summed E-state index contributed by atoms with van der Waals surface area (Å²) in [5, 5.41) is 12.7. The smallest absolute Gasteiger partial charge is 0.104 e. The number of ether oxygens (including phenoxy) is 2. The van der Waals surface area contributed by atoms with Gasteiger partial charge >= 0.3 is 0 Å². The molecule has 1 N–H and O–H groups in total. The van der Waals surface area contributed by atoms with Gasteiger partial charge in [0.05, 0.1) is 19.3 Å². The molecular weight excluding hydrogens is 266 g/mol. The normalized spacial score (nSPS) is 16.0. The number of hydrogen-bond donors (Lipinski definition) is 1. The average molecular weight is 299 g/mol. The molecule has 0 aromatic rings. The topological polar surface area (TPSA) is 57.5 Å². The zero-order valence-electron chi connectivity index (χ0n) is 14.6. The molecule has 0 amide bonds. The summed E-state index contributed by atoms with van der Waals surface area (Å²) >= 11 is 0. The molecule has 0 radical (unpaired) electrons. The first-order valence-electron chi connectivity index (χ1n) is 7.79. The minimum atomic E-state index is -0.453. The Morgan fingerprint density at radius 2 is 1.86 bits per heavy atom. The fourth-order valence-electron chi connectivity index (χ4n) is 2.54. The molecule has 0 aliphatic rings. The average Bonchev–Trinajstić information content (AvgIpc) is 2.42. The molecule has 0 aliphatic carbocycles. The monoisotopic (exact) mass is 299 g/mol. The first-order valence-corrected chi connectivity index (χ1v) is 7.79. The van der Waals surface area contributed by atoms with E-state index in [9.17, 15) is 5.26 Å². The van der Waals surface area contributed by atoms with Gasteiger partial charge in [0.25, 0.3) is 0 Å². The van der Waals surface area contributed by atoms with Crippen LogP contribution in [0.4, 0.5) is 0 Å². The highest BCUT2D eigenvalue weighted by Crippen LogP contribution is 2.14. The van der Waals surface area contributed by atoms with Crippen LogP contribution < -0.4 is 5.32 Å². The van der Waals surface area contributed by atoms with Gasteiger partial charge < -0.3 is 9.47 Å². The van der Waals surface area contributed by atoms with E-state index in [1.165, 1.54) is 0 Å². The van der Waals surface area contributed by atoms with Crippen LogP contribution in [0, 0.1) is 11.3 Å². The summed E-state index contributed by atoms with van der Waals surface area (Å²) in [7, 11) is 3.45. The largest absolute Gasteiger partial charge is 0.383 e. The third-order valence-corrected chi connectivity index (χ3v) is 3.59. The van der Waals surface area contributed by atoms with Crippen molar-refractivity contribution in [2.75, 3.05) is 40.5 Å². The highest BCUT2D eigenvalue weighted by molar-refractivity contribution is 5.04. The number of nitrogens with one attached hydrogen (secondary N) is 1. The number of rotatable bonds is 12. The zero-order valence-corrected chi connectivity index (χ0v) is 14.6. The molecule has 0 saturated heterocycles. The van der Waals surface area contributed by atoms with E-state index in [2.05, 4.69) is 37.1 Å². The summed E-state index contributed by atoms with van der Waals surface area (Å²) < 4.78 is 10.4. The number of nitriles is 1. The Balaban J connectivity index is 4.36. The van der Waals surface area contributed by atoms with Crippen LogP contribution in [-0.4, -0.2) is 63.0 Å². The molecule has 21 heavy (non-hydrogen) atoms. The van der Waals surface area contributed by atoms with Crippen molar-refractivity contribution in [3.05, 3.63) is 0 Å². The van der Waals surface area contributed by atoms with Crippen molar-refractivity contribution in [3.8, 4) is 6.07 Å². The van der Waals surface area contributed by atoms with Gasteiger partial charge in [0, 0.05) is 32.8 Å². The lowest BCUT2D eigenvalue weighted by atomic mass is 9.96. The first-order chi connectivity index (χ1) is 9.88.